The first kappa shape index (κ1) is 13.5. The van der Waals surface area contributed by atoms with E-state index < -0.39 is 0 Å². The molecule has 0 unspecified atom stereocenters. The van der Waals surface area contributed by atoms with Crippen molar-refractivity contribution in [2.75, 3.05) is 30.4 Å². The Kier molecular flexibility index (Phi) is 3.56. The summed E-state index contributed by atoms with van der Waals surface area (Å²) in [5.41, 5.74) is 2.19. The third kappa shape index (κ3) is 2.72. The average Bonchev–Trinajstić information content (AvgIpc) is 2.80. The van der Waals surface area contributed by atoms with E-state index in [0.29, 0.717) is 12.4 Å². The Morgan fingerprint density at radius 1 is 1.29 bits per heavy atom. The highest BCUT2D eigenvalue weighted by molar-refractivity contribution is 5.99. The monoisotopic (exact) mass is 282 g/mol. The van der Waals surface area contributed by atoms with Crippen molar-refractivity contribution in [3.63, 3.8) is 0 Å². The fourth-order valence-corrected chi connectivity index (χ4v) is 2.43. The minimum absolute atomic E-state index is 0.0726. The largest absolute Gasteiger partial charge is 0.343 e. The van der Waals surface area contributed by atoms with E-state index in [1.807, 2.05) is 30.1 Å². The molecule has 3 rings (SSSR count). The lowest BCUT2D eigenvalue weighted by Gasteiger charge is -2.18. The molecule has 1 aromatic carbocycles. The fraction of sp³-hybridized carbons (Fsp3) is 0.312. The first-order valence-electron chi connectivity index (χ1n) is 7.02. The molecular weight excluding hydrogens is 264 g/mol. The molecule has 0 saturated heterocycles. The van der Waals surface area contributed by atoms with Gasteiger partial charge in [-0.2, -0.15) is 4.98 Å². The van der Waals surface area contributed by atoms with Crippen molar-refractivity contribution in [2.45, 2.75) is 12.8 Å². The van der Waals surface area contributed by atoms with Crippen LogP contribution in [0.3, 0.4) is 0 Å². The third-order valence-electron chi connectivity index (χ3n) is 3.78. The minimum atomic E-state index is 0.0726. The van der Waals surface area contributed by atoms with Crippen LogP contribution in [0.4, 0.5) is 11.8 Å². The summed E-state index contributed by atoms with van der Waals surface area (Å²) in [5, 5.41) is 0. The van der Waals surface area contributed by atoms with Gasteiger partial charge in [0.15, 0.2) is 0 Å². The number of benzene rings is 1. The lowest BCUT2D eigenvalue weighted by atomic mass is 10.1. The van der Waals surface area contributed by atoms with Crippen LogP contribution in [0.25, 0.3) is 0 Å². The smallest absolute Gasteiger partial charge is 0.232 e. The summed E-state index contributed by atoms with van der Waals surface area (Å²) >= 11 is 0. The molecule has 5 nitrogen and oxygen atoms in total. The molecule has 1 aliphatic rings. The second kappa shape index (κ2) is 5.52. The molecule has 0 spiro atoms. The van der Waals surface area contributed by atoms with Crippen molar-refractivity contribution in [3.8, 4) is 0 Å². The van der Waals surface area contributed by atoms with Gasteiger partial charge < -0.3 is 4.90 Å². The molecule has 0 N–H and O–H groups in total. The predicted octanol–water partition coefficient (Wildman–Crippen LogP) is 1.67. The Balaban J connectivity index is 1.71. The van der Waals surface area contributed by atoms with Crippen molar-refractivity contribution in [1.29, 1.82) is 0 Å². The van der Waals surface area contributed by atoms with Crippen molar-refractivity contribution >= 4 is 17.7 Å². The zero-order chi connectivity index (χ0) is 14.8. The number of likely N-dealkylation sites (N-methyl/N-ethyl adjacent to an activating group) is 2. The van der Waals surface area contributed by atoms with Crippen LogP contribution in [0, 0.1) is 0 Å². The molecule has 108 valence electrons. The number of aromatic nitrogens is 2. The van der Waals surface area contributed by atoms with Crippen LogP contribution in [0.2, 0.25) is 0 Å². The number of hydrogen-bond acceptors (Lipinski definition) is 4. The highest BCUT2D eigenvalue weighted by atomic mass is 16.2. The highest BCUT2D eigenvalue weighted by Crippen LogP contribution is 2.26. The van der Waals surface area contributed by atoms with Crippen LogP contribution in [0.5, 0.6) is 0 Å². The van der Waals surface area contributed by atoms with Crippen LogP contribution in [0.1, 0.15) is 11.1 Å². The third-order valence-corrected chi connectivity index (χ3v) is 3.78. The van der Waals surface area contributed by atoms with Gasteiger partial charge in [0.25, 0.3) is 0 Å². The van der Waals surface area contributed by atoms with Gasteiger partial charge in [0.2, 0.25) is 11.9 Å². The number of anilines is 2. The molecule has 0 aliphatic carbocycles. The molecule has 0 fully saturated rings. The van der Waals surface area contributed by atoms with Crippen LogP contribution < -0.4 is 9.80 Å². The number of amides is 1. The SMILES string of the molecule is CN(CCc1ccccc1)c1ncc2c(n1)N(C)C(=O)C2. The van der Waals surface area contributed by atoms with Gasteiger partial charge in [-0.3, -0.25) is 9.69 Å². The van der Waals surface area contributed by atoms with E-state index >= 15 is 0 Å². The number of fused-ring (bicyclic) bond motifs is 1. The van der Waals surface area contributed by atoms with Gasteiger partial charge in [-0.25, -0.2) is 4.98 Å². The molecule has 2 aromatic rings. The lowest BCUT2D eigenvalue weighted by molar-refractivity contribution is -0.117. The Hall–Kier alpha value is -2.43. The Morgan fingerprint density at radius 2 is 2.05 bits per heavy atom. The number of nitrogens with zero attached hydrogens (tertiary/aromatic N) is 4. The first-order valence-corrected chi connectivity index (χ1v) is 7.02. The minimum Gasteiger partial charge on any atom is -0.343 e. The first-order chi connectivity index (χ1) is 10.1. The molecule has 1 aliphatic heterocycles. The number of hydrogen-bond donors (Lipinski definition) is 0. The number of rotatable bonds is 4. The number of carbonyl (C=O) groups excluding carboxylic acids is 1. The van der Waals surface area contributed by atoms with Crippen LogP contribution >= 0.6 is 0 Å². The Bertz CT molecular complexity index is 657. The van der Waals surface area contributed by atoms with E-state index in [-0.39, 0.29) is 5.91 Å². The zero-order valence-electron chi connectivity index (χ0n) is 12.3. The van der Waals surface area contributed by atoms with Gasteiger partial charge in [0.05, 0.1) is 6.42 Å². The Labute approximate surface area is 124 Å². The molecule has 0 atom stereocenters. The van der Waals surface area contributed by atoms with Crippen molar-refractivity contribution in [3.05, 3.63) is 47.7 Å². The van der Waals surface area contributed by atoms with Gasteiger partial charge in [0.1, 0.15) is 5.82 Å². The quantitative estimate of drug-likeness (QED) is 0.856. The predicted molar refractivity (Wildman–Crippen MR) is 82.6 cm³/mol. The molecule has 1 amide bonds. The summed E-state index contributed by atoms with van der Waals surface area (Å²) in [6, 6.07) is 10.3. The van der Waals surface area contributed by atoms with Crippen LogP contribution in [-0.2, 0) is 17.6 Å². The topological polar surface area (TPSA) is 49.3 Å². The molecule has 0 radical (unpaired) electrons. The Morgan fingerprint density at radius 3 is 2.81 bits per heavy atom. The maximum atomic E-state index is 11.7. The van der Waals surface area contributed by atoms with Crippen LogP contribution in [-0.4, -0.2) is 36.5 Å². The summed E-state index contributed by atoms with van der Waals surface area (Å²) in [5.74, 6) is 1.46. The van der Waals surface area contributed by atoms with Gasteiger partial charge in [-0.05, 0) is 12.0 Å². The summed E-state index contributed by atoms with van der Waals surface area (Å²) in [7, 11) is 3.73. The summed E-state index contributed by atoms with van der Waals surface area (Å²) in [6.07, 6.45) is 3.10. The average molecular weight is 282 g/mol. The molecular formula is C16H18N4O. The van der Waals surface area contributed by atoms with Crippen molar-refractivity contribution < 1.29 is 4.79 Å². The standard InChI is InChI=1S/C16H18N4O/c1-19(9-8-12-6-4-3-5-7-12)16-17-11-13-10-14(21)20(2)15(13)18-16/h3-7,11H,8-10H2,1-2H3. The van der Waals surface area contributed by atoms with Gasteiger partial charge >= 0.3 is 0 Å². The second-order valence-corrected chi connectivity index (χ2v) is 5.31. The van der Waals surface area contributed by atoms with Gasteiger partial charge in [0, 0.05) is 32.4 Å². The van der Waals surface area contributed by atoms with E-state index in [9.17, 15) is 4.79 Å². The van der Waals surface area contributed by atoms with Gasteiger partial charge in [-0.15, -0.1) is 0 Å². The lowest BCUT2D eigenvalue weighted by Crippen LogP contribution is -2.24. The maximum Gasteiger partial charge on any atom is 0.232 e. The van der Waals surface area contributed by atoms with Crippen LogP contribution in [0.15, 0.2) is 36.5 Å². The number of carbonyl (C=O) groups is 1. The van der Waals surface area contributed by atoms with Crippen molar-refractivity contribution in [1.82, 2.24) is 9.97 Å². The normalized spacial score (nSPS) is 13.4. The van der Waals surface area contributed by atoms with E-state index in [1.54, 1.807) is 18.1 Å². The summed E-state index contributed by atoms with van der Waals surface area (Å²) in [4.78, 5) is 24.2. The highest BCUT2D eigenvalue weighted by Gasteiger charge is 2.26. The fourth-order valence-electron chi connectivity index (χ4n) is 2.43. The zero-order valence-corrected chi connectivity index (χ0v) is 12.3. The summed E-state index contributed by atoms with van der Waals surface area (Å²) in [6.45, 7) is 0.834. The van der Waals surface area contributed by atoms with Gasteiger partial charge in [-0.1, -0.05) is 30.3 Å². The molecule has 0 bridgehead atoms. The van der Waals surface area contributed by atoms with E-state index in [4.69, 9.17) is 0 Å². The molecule has 1 aromatic heterocycles. The van der Waals surface area contributed by atoms with E-state index in [2.05, 4.69) is 22.1 Å². The molecule has 0 saturated carbocycles. The van der Waals surface area contributed by atoms with Crippen molar-refractivity contribution in [2.24, 2.45) is 0 Å². The molecule has 21 heavy (non-hydrogen) atoms. The maximum absolute atomic E-state index is 11.7. The van der Waals surface area contributed by atoms with E-state index in [0.717, 1.165) is 24.3 Å². The second-order valence-electron chi connectivity index (χ2n) is 5.31. The molecule has 5 heteroatoms. The summed E-state index contributed by atoms with van der Waals surface area (Å²) < 4.78 is 0. The molecule has 2 heterocycles. The van der Waals surface area contributed by atoms with E-state index in [1.165, 1.54) is 5.56 Å².